The number of anilines is 3. The normalized spacial score (nSPS) is 17.6. The molecule has 2 amide bonds. The Balaban J connectivity index is 1.31. The molecule has 6 rings (SSSR count). The summed E-state index contributed by atoms with van der Waals surface area (Å²) in [6, 6.07) is 25.5. The average Bonchev–Trinajstić information content (AvgIpc) is 2.98. The van der Waals surface area contributed by atoms with Crippen molar-refractivity contribution in [2.75, 3.05) is 28.6 Å². The molecule has 1 saturated heterocycles. The van der Waals surface area contributed by atoms with E-state index >= 15 is 0 Å². The Morgan fingerprint density at radius 2 is 1.51 bits per heavy atom. The van der Waals surface area contributed by atoms with Crippen molar-refractivity contribution in [1.29, 1.82) is 0 Å². The van der Waals surface area contributed by atoms with Gasteiger partial charge in [0, 0.05) is 59.1 Å². The van der Waals surface area contributed by atoms with Gasteiger partial charge in [0.15, 0.2) is 0 Å². The summed E-state index contributed by atoms with van der Waals surface area (Å²) in [6.07, 6.45) is 1.02. The van der Waals surface area contributed by atoms with Crippen LogP contribution >= 0.6 is 11.6 Å². The number of carbonyl (C=O) groups excluding carboxylic acids is 2. The molecule has 3 heterocycles. The monoisotopic (exact) mass is 594 g/mol. The summed E-state index contributed by atoms with van der Waals surface area (Å²) in [5.41, 5.74) is 5.22. The van der Waals surface area contributed by atoms with E-state index in [-0.39, 0.29) is 28.7 Å². The number of rotatable bonds is 5. The van der Waals surface area contributed by atoms with Gasteiger partial charge in [-0.15, -0.1) is 0 Å². The lowest BCUT2D eigenvalue weighted by atomic mass is 9.83. The molecule has 4 aromatic rings. The fraction of sp³-hybridized carbons (Fsp3) is 0.286. The van der Waals surface area contributed by atoms with Gasteiger partial charge < -0.3 is 20.1 Å². The predicted molar refractivity (Wildman–Crippen MR) is 173 cm³/mol. The van der Waals surface area contributed by atoms with E-state index in [0.29, 0.717) is 46.5 Å². The van der Waals surface area contributed by atoms with Crippen molar-refractivity contribution in [3.8, 4) is 0 Å². The van der Waals surface area contributed by atoms with Gasteiger partial charge in [0.2, 0.25) is 0 Å². The quantitative estimate of drug-likeness (QED) is 0.262. The Morgan fingerprint density at radius 3 is 2.23 bits per heavy atom. The third kappa shape index (κ3) is 6.09. The minimum Gasteiger partial charge on any atom is -0.369 e. The van der Waals surface area contributed by atoms with E-state index in [1.807, 2.05) is 47.0 Å². The summed E-state index contributed by atoms with van der Waals surface area (Å²) in [4.78, 5) is 41.6. The van der Waals surface area contributed by atoms with Crippen LogP contribution < -0.4 is 21.1 Å². The maximum absolute atomic E-state index is 13.5. The highest BCUT2D eigenvalue weighted by molar-refractivity contribution is 6.30. The van der Waals surface area contributed by atoms with E-state index in [4.69, 9.17) is 11.6 Å². The zero-order valence-electron chi connectivity index (χ0n) is 24.6. The third-order valence-electron chi connectivity index (χ3n) is 8.44. The molecule has 2 N–H and O–H groups in total. The average molecular weight is 595 g/mol. The van der Waals surface area contributed by atoms with Crippen molar-refractivity contribution in [3.63, 3.8) is 0 Å². The van der Waals surface area contributed by atoms with E-state index < -0.39 is 0 Å². The largest absolute Gasteiger partial charge is 0.369 e. The second kappa shape index (κ2) is 11.4. The first-order chi connectivity index (χ1) is 20.5. The van der Waals surface area contributed by atoms with Gasteiger partial charge in [0.1, 0.15) is 0 Å². The predicted octanol–water partition coefficient (Wildman–Crippen LogP) is 6.93. The van der Waals surface area contributed by atoms with Crippen LogP contribution in [0.3, 0.4) is 0 Å². The number of hydrogen-bond donors (Lipinski definition) is 2. The van der Waals surface area contributed by atoms with Crippen molar-refractivity contribution in [2.24, 2.45) is 5.92 Å². The Kier molecular flexibility index (Phi) is 7.61. The molecular weight excluding hydrogens is 560 g/mol. The van der Waals surface area contributed by atoms with Gasteiger partial charge in [-0.1, -0.05) is 50.6 Å². The SMILES string of the molecule is CC(C)(C)c1ccc(C(=O)Nc2cc(C(=O)Nc3ccc(Cl)cc3)ccc2N2C[C@H]3C[C@@H](C2)c2cccc(=O)n2C3)cc1. The molecule has 1 aromatic heterocycles. The minimum atomic E-state index is -0.289. The molecule has 220 valence electrons. The maximum atomic E-state index is 13.5. The third-order valence-corrected chi connectivity index (χ3v) is 8.69. The van der Waals surface area contributed by atoms with Crippen LogP contribution in [0.4, 0.5) is 17.1 Å². The number of piperidine rings is 1. The van der Waals surface area contributed by atoms with Crippen LogP contribution in [0.5, 0.6) is 0 Å². The molecule has 43 heavy (non-hydrogen) atoms. The fourth-order valence-corrected chi connectivity index (χ4v) is 6.32. The lowest BCUT2D eigenvalue weighted by Crippen LogP contribution is -2.47. The summed E-state index contributed by atoms with van der Waals surface area (Å²) in [7, 11) is 0. The summed E-state index contributed by atoms with van der Waals surface area (Å²) in [5.74, 6) is -0.0377. The lowest BCUT2D eigenvalue weighted by Gasteiger charge is -2.44. The molecule has 0 radical (unpaired) electrons. The highest BCUT2D eigenvalue weighted by Gasteiger charge is 2.35. The number of carbonyl (C=O) groups is 2. The molecule has 1 fully saturated rings. The van der Waals surface area contributed by atoms with Crippen LogP contribution in [-0.2, 0) is 12.0 Å². The molecular formula is C35H35ClN4O3. The number of nitrogens with one attached hydrogen (secondary N) is 2. The number of amides is 2. The molecule has 2 bridgehead atoms. The van der Waals surface area contributed by atoms with E-state index in [1.165, 1.54) is 0 Å². The topological polar surface area (TPSA) is 83.4 Å². The smallest absolute Gasteiger partial charge is 0.255 e. The van der Waals surface area contributed by atoms with Gasteiger partial charge >= 0.3 is 0 Å². The van der Waals surface area contributed by atoms with Gasteiger partial charge in [0.05, 0.1) is 11.4 Å². The molecule has 2 atom stereocenters. The molecule has 8 heteroatoms. The zero-order valence-corrected chi connectivity index (χ0v) is 25.3. The second-order valence-corrected chi connectivity index (χ2v) is 13.0. The van der Waals surface area contributed by atoms with Crippen LogP contribution in [0.25, 0.3) is 0 Å². The number of halogens is 1. The Morgan fingerprint density at radius 1 is 0.814 bits per heavy atom. The van der Waals surface area contributed by atoms with E-state index in [2.05, 4.69) is 36.3 Å². The van der Waals surface area contributed by atoms with Crippen LogP contribution in [0, 0.1) is 5.92 Å². The molecule has 0 unspecified atom stereocenters. The lowest BCUT2D eigenvalue weighted by molar-refractivity contribution is 0.101. The number of pyridine rings is 1. The Labute approximate surface area is 256 Å². The molecule has 0 saturated carbocycles. The van der Waals surface area contributed by atoms with E-state index in [9.17, 15) is 14.4 Å². The Hall–Kier alpha value is -4.36. The summed E-state index contributed by atoms with van der Waals surface area (Å²) in [6.45, 7) is 8.54. The van der Waals surface area contributed by atoms with Crippen molar-refractivity contribution in [1.82, 2.24) is 4.57 Å². The first kappa shape index (κ1) is 28.7. The molecule has 2 aliphatic heterocycles. The standard InChI is InChI=1S/C35H35ClN4O3/c1-35(2,3)26-10-7-23(8-11-26)33(42)38-29-18-24(34(43)37-28-14-12-27(36)13-15-28)9-16-31(29)39-19-22-17-25(21-39)30-5-4-6-32(41)40(30)20-22/h4-16,18,22,25H,17,19-21H2,1-3H3,(H,37,43)(H,38,42)/t22-,25+/m1/s1. The van der Waals surface area contributed by atoms with Gasteiger partial charge in [-0.3, -0.25) is 14.4 Å². The fourth-order valence-electron chi connectivity index (χ4n) is 6.20. The first-order valence-corrected chi connectivity index (χ1v) is 15.0. The molecule has 0 aliphatic carbocycles. The second-order valence-electron chi connectivity index (χ2n) is 12.6. The van der Waals surface area contributed by atoms with Crippen molar-refractivity contribution >= 4 is 40.5 Å². The molecule has 3 aromatic carbocycles. The summed E-state index contributed by atoms with van der Waals surface area (Å²) in [5, 5.41) is 6.60. The summed E-state index contributed by atoms with van der Waals surface area (Å²) < 4.78 is 1.91. The van der Waals surface area contributed by atoms with Crippen LogP contribution in [0.1, 0.15) is 65.1 Å². The van der Waals surface area contributed by atoms with Crippen LogP contribution in [0.2, 0.25) is 5.02 Å². The number of fused-ring (bicyclic) bond motifs is 4. The van der Waals surface area contributed by atoms with E-state index in [0.717, 1.165) is 29.9 Å². The number of nitrogens with zero attached hydrogens (tertiary/aromatic N) is 2. The van der Waals surface area contributed by atoms with Gasteiger partial charge in [0.25, 0.3) is 17.4 Å². The molecule has 0 spiro atoms. The number of benzene rings is 3. The van der Waals surface area contributed by atoms with E-state index in [1.54, 1.807) is 42.5 Å². The number of aromatic nitrogens is 1. The highest BCUT2D eigenvalue weighted by Crippen LogP contribution is 2.39. The summed E-state index contributed by atoms with van der Waals surface area (Å²) >= 11 is 6.00. The number of hydrogen-bond acceptors (Lipinski definition) is 4. The zero-order chi connectivity index (χ0) is 30.3. The molecule has 7 nitrogen and oxygen atoms in total. The molecule has 2 aliphatic rings. The van der Waals surface area contributed by atoms with Crippen molar-refractivity contribution in [2.45, 2.75) is 45.1 Å². The van der Waals surface area contributed by atoms with Gasteiger partial charge in [-0.05, 0) is 84.0 Å². The van der Waals surface area contributed by atoms with Crippen LogP contribution in [0.15, 0.2) is 89.7 Å². The van der Waals surface area contributed by atoms with Crippen LogP contribution in [-0.4, -0.2) is 29.5 Å². The Bertz CT molecular complexity index is 1740. The first-order valence-electron chi connectivity index (χ1n) is 14.6. The van der Waals surface area contributed by atoms with Gasteiger partial charge in [-0.25, -0.2) is 0 Å². The minimum absolute atomic E-state index is 0.0238. The maximum Gasteiger partial charge on any atom is 0.255 e. The van der Waals surface area contributed by atoms with Crippen molar-refractivity contribution in [3.05, 3.63) is 123 Å². The van der Waals surface area contributed by atoms with Gasteiger partial charge in [-0.2, -0.15) is 0 Å². The van der Waals surface area contributed by atoms with Crippen molar-refractivity contribution < 1.29 is 9.59 Å². The highest BCUT2D eigenvalue weighted by atomic mass is 35.5.